The zero-order valence-electron chi connectivity index (χ0n) is 16.0. The molecule has 8 nitrogen and oxygen atoms in total. The van der Waals surface area contributed by atoms with Gasteiger partial charge in [-0.2, -0.15) is 4.31 Å². The molecule has 1 aliphatic rings. The van der Waals surface area contributed by atoms with Crippen molar-refractivity contribution < 1.29 is 17.6 Å². The molecule has 1 fully saturated rings. The number of carbonyl (C=O) groups is 1. The average molecular weight is 450 g/mol. The lowest BCUT2D eigenvalue weighted by molar-refractivity contribution is 0.0952. The molecule has 3 aromatic rings. The smallest absolute Gasteiger partial charge is 0.408 e. The summed E-state index contributed by atoms with van der Waals surface area (Å²) in [4.78, 5) is 28.6. The average Bonchev–Trinajstić information content (AvgIpc) is 3.12. The van der Waals surface area contributed by atoms with E-state index in [1.54, 1.807) is 30.3 Å². The number of halogens is 1. The Morgan fingerprint density at radius 3 is 2.47 bits per heavy atom. The van der Waals surface area contributed by atoms with Gasteiger partial charge in [0.2, 0.25) is 10.0 Å². The number of aromatic nitrogens is 1. The first-order valence-corrected chi connectivity index (χ1v) is 11.3. The minimum absolute atomic E-state index is 0.0584. The molecule has 30 heavy (non-hydrogen) atoms. The van der Waals surface area contributed by atoms with Crippen molar-refractivity contribution in [3.63, 3.8) is 0 Å². The van der Waals surface area contributed by atoms with Crippen molar-refractivity contribution in [2.45, 2.75) is 11.3 Å². The van der Waals surface area contributed by atoms with Crippen molar-refractivity contribution >= 4 is 38.5 Å². The van der Waals surface area contributed by atoms with E-state index in [1.807, 2.05) is 0 Å². The first kappa shape index (κ1) is 20.8. The molecule has 0 amide bonds. The number of hydrogen-bond donors (Lipinski definition) is 1. The van der Waals surface area contributed by atoms with Gasteiger partial charge in [0.15, 0.2) is 11.4 Å². The third kappa shape index (κ3) is 4.34. The number of nitrogens with one attached hydrogen (secondary N) is 1. The van der Waals surface area contributed by atoms with E-state index in [2.05, 4.69) is 9.88 Å². The highest BCUT2D eigenvalue weighted by atomic mass is 35.5. The summed E-state index contributed by atoms with van der Waals surface area (Å²) >= 11 is 5.84. The van der Waals surface area contributed by atoms with E-state index in [4.69, 9.17) is 16.0 Å². The molecule has 2 heterocycles. The molecule has 0 aliphatic carbocycles. The van der Waals surface area contributed by atoms with Crippen LogP contribution in [-0.4, -0.2) is 61.1 Å². The van der Waals surface area contributed by atoms with Gasteiger partial charge in [0.05, 0.1) is 10.4 Å². The van der Waals surface area contributed by atoms with Gasteiger partial charge in [-0.3, -0.25) is 9.78 Å². The number of ketones is 1. The Labute approximate surface area is 178 Å². The van der Waals surface area contributed by atoms with Gasteiger partial charge in [-0.1, -0.05) is 11.6 Å². The summed E-state index contributed by atoms with van der Waals surface area (Å²) < 4.78 is 31.9. The van der Waals surface area contributed by atoms with Crippen molar-refractivity contribution in [3.8, 4) is 0 Å². The van der Waals surface area contributed by atoms with Crippen LogP contribution >= 0.6 is 11.6 Å². The summed E-state index contributed by atoms with van der Waals surface area (Å²) in [6.45, 7) is 2.35. The first-order chi connectivity index (χ1) is 14.3. The number of sulfonamides is 1. The second kappa shape index (κ2) is 8.35. The summed E-state index contributed by atoms with van der Waals surface area (Å²) in [5.41, 5.74) is 1.38. The van der Waals surface area contributed by atoms with Crippen LogP contribution in [0.3, 0.4) is 0 Å². The quantitative estimate of drug-likeness (QED) is 0.579. The molecule has 158 valence electrons. The molecular weight excluding hydrogens is 430 g/mol. The number of aromatic amines is 1. The molecule has 1 aliphatic heterocycles. The molecule has 0 unspecified atom stereocenters. The van der Waals surface area contributed by atoms with Gasteiger partial charge in [0.25, 0.3) is 0 Å². The van der Waals surface area contributed by atoms with Gasteiger partial charge in [0, 0.05) is 49.7 Å². The Morgan fingerprint density at radius 1 is 1.07 bits per heavy atom. The van der Waals surface area contributed by atoms with Gasteiger partial charge in [-0.15, -0.1) is 0 Å². The Balaban J connectivity index is 1.32. The van der Waals surface area contributed by atoms with Crippen LogP contribution in [0.1, 0.15) is 16.8 Å². The van der Waals surface area contributed by atoms with E-state index in [-0.39, 0.29) is 10.7 Å². The van der Waals surface area contributed by atoms with Gasteiger partial charge in [-0.05, 0) is 42.5 Å². The maximum Gasteiger partial charge on any atom is 0.417 e. The largest absolute Gasteiger partial charge is 0.417 e. The lowest BCUT2D eigenvalue weighted by atomic mass is 10.1. The minimum atomic E-state index is -3.55. The number of fused-ring (bicyclic) bond motifs is 1. The second-order valence-electron chi connectivity index (χ2n) is 7.10. The monoisotopic (exact) mass is 449 g/mol. The lowest BCUT2D eigenvalue weighted by Crippen LogP contribution is -2.48. The molecule has 0 spiro atoms. The number of oxazole rings is 1. The van der Waals surface area contributed by atoms with Gasteiger partial charge in [0.1, 0.15) is 0 Å². The molecule has 1 N–H and O–H groups in total. The summed E-state index contributed by atoms with van der Waals surface area (Å²) in [6.07, 6.45) is 0.296. The fraction of sp³-hybridized carbons (Fsp3) is 0.300. The molecule has 4 rings (SSSR count). The van der Waals surface area contributed by atoms with Crippen molar-refractivity contribution in [1.29, 1.82) is 0 Å². The van der Waals surface area contributed by atoms with Gasteiger partial charge >= 0.3 is 5.76 Å². The molecule has 2 aromatic carbocycles. The van der Waals surface area contributed by atoms with Crippen LogP contribution in [0.15, 0.2) is 56.6 Å². The number of carbonyl (C=O) groups excluding carboxylic acids is 1. The maximum atomic E-state index is 12.7. The van der Waals surface area contributed by atoms with Crippen LogP contribution < -0.4 is 5.76 Å². The van der Waals surface area contributed by atoms with E-state index in [0.29, 0.717) is 60.8 Å². The Bertz CT molecular complexity index is 1230. The fourth-order valence-corrected chi connectivity index (χ4v) is 5.02. The van der Waals surface area contributed by atoms with E-state index in [9.17, 15) is 18.0 Å². The number of Topliss-reactive ketones (excluding diaryl/α,β-unsaturated/α-hetero) is 1. The number of H-pyrrole nitrogens is 1. The highest BCUT2D eigenvalue weighted by Crippen LogP contribution is 2.20. The van der Waals surface area contributed by atoms with E-state index in [1.165, 1.54) is 16.4 Å². The topological polar surface area (TPSA) is 104 Å². The molecule has 0 bridgehead atoms. The van der Waals surface area contributed by atoms with E-state index >= 15 is 0 Å². The van der Waals surface area contributed by atoms with Gasteiger partial charge in [-0.25, -0.2) is 13.2 Å². The number of hydrogen-bond acceptors (Lipinski definition) is 6. The molecule has 1 aromatic heterocycles. The van der Waals surface area contributed by atoms with Crippen molar-refractivity contribution in [3.05, 3.63) is 63.6 Å². The zero-order valence-corrected chi connectivity index (χ0v) is 17.6. The van der Waals surface area contributed by atoms with E-state index in [0.717, 1.165) is 0 Å². The van der Waals surface area contributed by atoms with Crippen LogP contribution in [0.25, 0.3) is 11.1 Å². The Morgan fingerprint density at radius 2 is 1.77 bits per heavy atom. The maximum absolute atomic E-state index is 12.7. The Kier molecular flexibility index (Phi) is 5.79. The summed E-state index contributed by atoms with van der Waals surface area (Å²) in [5, 5.41) is 0.487. The SMILES string of the molecule is O=C(CCN1CCN(S(=O)(=O)c2ccc(Cl)cc2)CC1)c1ccc2[nH]c(=O)oc2c1. The van der Waals surface area contributed by atoms with E-state index < -0.39 is 15.8 Å². The van der Waals surface area contributed by atoms with Gasteiger partial charge < -0.3 is 9.32 Å². The van der Waals surface area contributed by atoms with Crippen molar-refractivity contribution in [2.24, 2.45) is 0 Å². The standard InChI is InChI=1S/C20H20ClN3O5S/c21-15-2-4-16(5-3-15)30(27,28)24-11-9-23(10-12-24)8-7-18(25)14-1-6-17-19(13-14)29-20(26)22-17/h1-6,13H,7-12H2,(H,22,26). The predicted molar refractivity (Wildman–Crippen MR) is 112 cm³/mol. The molecule has 0 radical (unpaired) electrons. The summed E-state index contributed by atoms with van der Waals surface area (Å²) in [7, 11) is -3.55. The number of rotatable bonds is 6. The zero-order chi connectivity index (χ0) is 21.3. The van der Waals surface area contributed by atoms with Crippen LogP contribution in [0.2, 0.25) is 5.02 Å². The number of piperazine rings is 1. The third-order valence-corrected chi connectivity index (χ3v) is 7.35. The first-order valence-electron chi connectivity index (χ1n) is 9.47. The molecule has 1 saturated heterocycles. The molecule has 0 atom stereocenters. The molecule has 10 heteroatoms. The second-order valence-corrected chi connectivity index (χ2v) is 9.47. The van der Waals surface area contributed by atoms with Crippen molar-refractivity contribution in [2.75, 3.05) is 32.7 Å². The van der Waals surface area contributed by atoms with Crippen LogP contribution in [0, 0.1) is 0 Å². The number of benzene rings is 2. The highest BCUT2D eigenvalue weighted by Gasteiger charge is 2.28. The number of nitrogens with zero attached hydrogens (tertiary/aromatic N) is 2. The molecule has 0 saturated carbocycles. The van der Waals surface area contributed by atoms with Crippen molar-refractivity contribution in [1.82, 2.24) is 14.2 Å². The van der Waals surface area contributed by atoms with Crippen LogP contribution in [0.5, 0.6) is 0 Å². The lowest BCUT2D eigenvalue weighted by Gasteiger charge is -2.33. The normalized spacial score (nSPS) is 16.2. The molecular formula is C20H20ClN3O5S. The fourth-order valence-electron chi connectivity index (χ4n) is 3.47. The third-order valence-electron chi connectivity index (χ3n) is 5.18. The van der Waals surface area contributed by atoms with Crippen LogP contribution in [-0.2, 0) is 10.0 Å². The summed E-state index contributed by atoms with van der Waals surface area (Å²) in [5.74, 6) is -0.613. The predicted octanol–water partition coefficient (Wildman–Crippen LogP) is 2.35. The van der Waals surface area contributed by atoms with Crippen LogP contribution in [0.4, 0.5) is 0 Å². The highest BCUT2D eigenvalue weighted by molar-refractivity contribution is 7.89. The minimum Gasteiger partial charge on any atom is -0.408 e. The Hall–Kier alpha value is -2.46. The summed E-state index contributed by atoms with van der Waals surface area (Å²) in [6, 6.07) is 11.0.